The van der Waals surface area contributed by atoms with E-state index in [4.69, 9.17) is 4.18 Å². The molecule has 0 amide bonds. The highest BCUT2D eigenvalue weighted by molar-refractivity contribution is 7.77. The van der Waals surface area contributed by atoms with Crippen LogP contribution in [0.4, 0.5) is 0 Å². The van der Waals surface area contributed by atoms with Gasteiger partial charge in [0.05, 0.1) is 13.7 Å². The van der Waals surface area contributed by atoms with Gasteiger partial charge < -0.3 is 4.74 Å². The number of rotatable bonds is 11. The van der Waals surface area contributed by atoms with Crippen LogP contribution in [-0.4, -0.2) is 41.3 Å². The SMILES string of the molecule is CCCOS(=O)N(C)C1[C@H]2CC[C@H](C2)[C@H]1C/C=C\CCCC(=O)OC. The van der Waals surface area contributed by atoms with Crippen molar-refractivity contribution in [2.75, 3.05) is 20.8 Å². The number of carbonyl (C=O) groups excluding carboxylic acids is 1. The van der Waals surface area contributed by atoms with Crippen molar-refractivity contribution < 1.29 is 17.9 Å². The molecule has 25 heavy (non-hydrogen) atoms. The summed E-state index contributed by atoms with van der Waals surface area (Å²) in [5, 5.41) is 0. The molecule has 2 unspecified atom stereocenters. The molecule has 0 spiro atoms. The molecule has 2 rings (SSSR count). The number of allylic oxidation sites excluding steroid dienone is 2. The molecule has 2 aliphatic carbocycles. The standard InChI is InChI=1S/C19H33NO4S/c1-4-13-24-25(22)20(2)19-16-12-11-15(14-16)17(19)9-7-5-6-8-10-18(21)23-3/h5,7,15-17,19H,4,6,8-14H2,1-3H3/b7-5-/t15-,16+,17-,19?,25?/m1/s1. The van der Waals surface area contributed by atoms with Crippen molar-refractivity contribution in [1.82, 2.24) is 4.31 Å². The van der Waals surface area contributed by atoms with Gasteiger partial charge >= 0.3 is 5.97 Å². The van der Waals surface area contributed by atoms with Crippen LogP contribution in [0.15, 0.2) is 12.2 Å². The molecule has 0 heterocycles. The maximum atomic E-state index is 12.4. The van der Waals surface area contributed by atoms with Crippen molar-refractivity contribution in [3.63, 3.8) is 0 Å². The Balaban J connectivity index is 1.83. The van der Waals surface area contributed by atoms with Crippen molar-refractivity contribution in [2.45, 2.75) is 64.3 Å². The average Bonchev–Trinajstić information content (AvgIpc) is 3.22. The van der Waals surface area contributed by atoms with E-state index in [1.54, 1.807) is 0 Å². The van der Waals surface area contributed by atoms with Gasteiger partial charge in [0, 0.05) is 19.5 Å². The van der Waals surface area contributed by atoms with E-state index in [0.29, 0.717) is 30.9 Å². The molecule has 0 saturated heterocycles. The fourth-order valence-corrected chi connectivity index (χ4v) is 5.46. The molecule has 0 aromatic heterocycles. The van der Waals surface area contributed by atoms with Crippen molar-refractivity contribution in [1.29, 1.82) is 0 Å². The predicted octanol–water partition coefficient (Wildman–Crippen LogP) is 3.63. The number of ether oxygens (including phenoxy) is 1. The number of unbranched alkanes of at least 4 members (excludes halogenated alkanes) is 1. The Morgan fingerprint density at radius 3 is 2.76 bits per heavy atom. The van der Waals surface area contributed by atoms with E-state index >= 15 is 0 Å². The lowest BCUT2D eigenvalue weighted by Gasteiger charge is -2.35. The molecule has 0 N–H and O–H groups in total. The van der Waals surface area contributed by atoms with Gasteiger partial charge in [0.15, 0.2) is 0 Å². The van der Waals surface area contributed by atoms with Gasteiger partial charge in [0.2, 0.25) is 11.3 Å². The number of hydrogen-bond donors (Lipinski definition) is 0. The largest absolute Gasteiger partial charge is 0.469 e. The Morgan fingerprint density at radius 2 is 2.04 bits per heavy atom. The number of hydrogen-bond acceptors (Lipinski definition) is 4. The molecular formula is C19H33NO4S. The highest BCUT2D eigenvalue weighted by Gasteiger charge is 2.49. The third-order valence-corrected chi connectivity index (χ3v) is 6.72. The fourth-order valence-electron chi connectivity index (χ4n) is 4.45. The normalized spacial score (nSPS) is 29.6. The summed E-state index contributed by atoms with van der Waals surface area (Å²) in [6, 6.07) is 0.358. The third-order valence-electron chi connectivity index (χ3n) is 5.64. The first kappa shape index (κ1) is 20.6. The van der Waals surface area contributed by atoms with Gasteiger partial charge in [0.25, 0.3) is 0 Å². The molecular weight excluding hydrogens is 338 g/mol. The Morgan fingerprint density at radius 1 is 1.28 bits per heavy atom. The van der Waals surface area contributed by atoms with Crippen LogP contribution in [0.25, 0.3) is 0 Å². The van der Waals surface area contributed by atoms with E-state index in [2.05, 4.69) is 16.9 Å². The van der Waals surface area contributed by atoms with Gasteiger partial charge in [-0.2, -0.15) is 0 Å². The van der Waals surface area contributed by atoms with E-state index < -0.39 is 11.3 Å². The van der Waals surface area contributed by atoms with Crippen LogP contribution in [0.5, 0.6) is 0 Å². The fraction of sp³-hybridized carbons (Fsp3) is 0.842. The molecule has 0 radical (unpaired) electrons. The predicted molar refractivity (Wildman–Crippen MR) is 99.9 cm³/mol. The third kappa shape index (κ3) is 5.63. The summed E-state index contributed by atoms with van der Waals surface area (Å²) in [5.74, 6) is 1.83. The molecule has 5 nitrogen and oxygen atoms in total. The van der Waals surface area contributed by atoms with E-state index in [1.807, 2.05) is 18.3 Å². The topological polar surface area (TPSA) is 55.8 Å². The molecule has 2 bridgehead atoms. The van der Waals surface area contributed by atoms with Gasteiger partial charge in [-0.15, -0.1) is 0 Å². The lowest BCUT2D eigenvalue weighted by Crippen LogP contribution is -2.43. The summed E-state index contributed by atoms with van der Waals surface area (Å²) in [6.45, 7) is 2.57. The van der Waals surface area contributed by atoms with Crippen LogP contribution < -0.4 is 0 Å². The number of carbonyl (C=O) groups is 1. The molecule has 2 fully saturated rings. The van der Waals surface area contributed by atoms with Crippen molar-refractivity contribution in [2.24, 2.45) is 17.8 Å². The number of methoxy groups -OCH3 is 1. The smallest absolute Gasteiger partial charge is 0.305 e. The lowest BCUT2D eigenvalue weighted by molar-refractivity contribution is -0.140. The van der Waals surface area contributed by atoms with Crippen LogP contribution in [0.1, 0.15) is 58.3 Å². The van der Waals surface area contributed by atoms with E-state index in [1.165, 1.54) is 26.4 Å². The summed E-state index contributed by atoms with van der Waals surface area (Å²) in [5.41, 5.74) is 0. The zero-order valence-corrected chi connectivity index (χ0v) is 16.6. The van der Waals surface area contributed by atoms with Crippen LogP contribution >= 0.6 is 0 Å². The summed E-state index contributed by atoms with van der Waals surface area (Å²) in [7, 11) is 3.38. The lowest BCUT2D eigenvalue weighted by atomic mass is 9.82. The maximum absolute atomic E-state index is 12.4. The van der Waals surface area contributed by atoms with Crippen molar-refractivity contribution in [3.8, 4) is 0 Å². The highest BCUT2D eigenvalue weighted by atomic mass is 32.2. The first-order valence-electron chi connectivity index (χ1n) is 9.58. The molecule has 2 aliphatic rings. The molecule has 2 saturated carbocycles. The molecule has 144 valence electrons. The Bertz CT molecular complexity index is 482. The Labute approximate surface area is 154 Å². The summed E-state index contributed by atoms with van der Waals surface area (Å²) < 4.78 is 24.4. The second-order valence-electron chi connectivity index (χ2n) is 7.25. The molecule has 6 heteroatoms. The van der Waals surface area contributed by atoms with Gasteiger partial charge in [0.1, 0.15) is 0 Å². The molecule has 0 aromatic carbocycles. The van der Waals surface area contributed by atoms with Crippen LogP contribution in [0.3, 0.4) is 0 Å². The summed E-state index contributed by atoms with van der Waals surface area (Å²) in [4.78, 5) is 11.1. The Kier molecular flexibility index (Phi) is 8.59. The zero-order chi connectivity index (χ0) is 18.2. The number of fused-ring (bicyclic) bond motifs is 2. The van der Waals surface area contributed by atoms with Gasteiger partial charge in [-0.3, -0.25) is 8.98 Å². The van der Waals surface area contributed by atoms with E-state index in [0.717, 1.165) is 31.6 Å². The number of esters is 1. The van der Waals surface area contributed by atoms with Crippen LogP contribution in [0.2, 0.25) is 0 Å². The minimum Gasteiger partial charge on any atom is -0.469 e. The zero-order valence-electron chi connectivity index (χ0n) is 15.8. The van der Waals surface area contributed by atoms with Crippen LogP contribution in [0, 0.1) is 17.8 Å². The minimum atomic E-state index is -1.34. The second kappa shape index (κ2) is 10.4. The van der Waals surface area contributed by atoms with Gasteiger partial charge in [-0.25, -0.2) is 8.51 Å². The van der Waals surface area contributed by atoms with E-state index in [-0.39, 0.29) is 5.97 Å². The first-order valence-corrected chi connectivity index (χ1v) is 10.6. The first-order chi connectivity index (χ1) is 12.1. The summed E-state index contributed by atoms with van der Waals surface area (Å²) >= 11 is -1.34. The monoisotopic (exact) mass is 371 g/mol. The van der Waals surface area contributed by atoms with Gasteiger partial charge in [-0.05, 0) is 62.7 Å². The second-order valence-corrected chi connectivity index (χ2v) is 8.49. The Hall–Kier alpha value is -0.720. The van der Waals surface area contributed by atoms with Crippen molar-refractivity contribution >= 4 is 17.2 Å². The molecule has 5 atom stereocenters. The molecule has 0 aliphatic heterocycles. The summed E-state index contributed by atoms with van der Waals surface area (Å²) in [6.07, 6.45) is 12.4. The van der Waals surface area contributed by atoms with Crippen molar-refractivity contribution in [3.05, 3.63) is 12.2 Å². The highest BCUT2D eigenvalue weighted by Crippen LogP contribution is 2.51. The average molecular weight is 372 g/mol. The van der Waals surface area contributed by atoms with Gasteiger partial charge in [-0.1, -0.05) is 19.1 Å². The minimum absolute atomic E-state index is 0.141. The van der Waals surface area contributed by atoms with E-state index in [9.17, 15) is 9.00 Å². The molecule has 0 aromatic rings. The van der Waals surface area contributed by atoms with Crippen LogP contribution in [-0.2, 0) is 25.0 Å². The maximum Gasteiger partial charge on any atom is 0.305 e. The quantitative estimate of drug-likeness (QED) is 0.316. The number of nitrogens with zero attached hydrogens (tertiary/aromatic N) is 1.